The molecule has 0 aromatic carbocycles. The minimum absolute atomic E-state index is 0.109. The highest BCUT2D eigenvalue weighted by Gasteiger charge is 2.30. The van der Waals surface area contributed by atoms with Gasteiger partial charge in [-0.05, 0) is 31.6 Å². The summed E-state index contributed by atoms with van der Waals surface area (Å²) in [4.78, 5) is 73.3. The second-order valence-corrected chi connectivity index (χ2v) is 34.7. The number of rotatable bonds is 87. The van der Waals surface area contributed by atoms with Crippen LogP contribution in [0, 0.1) is 5.92 Å². The molecule has 0 aromatic rings. The van der Waals surface area contributed by atoms with Crippen LogP contribution in [0.5, 0.6) is 0 Å². The minimum Gasteiger partial charge on any atom is -0.462 e. The van der Waals surface area contributed by atoms with Gasteiger partial charge in [0.1, 0.15) is 19.3 Å². The van der Waals surface area contributed by atoms with Crippen LogP contribution in [0.2, 0.25) is 0 Å². The third kappa shape index (κ3) is 80.1. The van der Waals surface area contributed by atoms with Crippen LogP contribution in [0.4, 0.5) is 0 Å². The largest absolute Gasteiger partial charge is 0.472 e. The maximum Gasteiger partial charge on any atom is 0.472 e. The highest BCUT2D eigenvalue weighted by Crippen LogP contribution is 2.45. The molecule has 0 aromatic heterocycles. The lowest BCUT2D eigenvalue weighted by Crippen LogP contribution is -2.30. The molecule has 630 valence electrons. The molecular formula is C87H170O17P2. The van der Waals surface area contributed by atoms with Crippen molar-refractivity contribution in [2.75, 3.05) is 39.6 Å². The van der Waals surface area contributed by atoms with Crippen molar-refractivity contribution in [3.8, 4) is 0 Å². The second kappa shape index (κ2) is 79.7. The van der Waals surface area contributed by atoms with Gasteiger partial charge in [0.2, 0.25) is 0 Å². The number of phosphoric ester groups is 2. The Morgan fingerprint density at radius 1 is 0.255 bits per heavy atom. The molecule has 0 bridgehead atoms. The Balaban J connectivity index is 5.25. The fourth-order valence-corrected chi connectivity index (χ4v) is 15.2. The van der Waals surface area contributed by atoms with Gasteiger partial charge in [-0.25, -0.2) is 9.13 Å². The number of hydrogen-bond donors (Lipinski definition) is 3. The van der Waals surface area contributed by atoms with Gasteiger partial charge < -0.3 is 33.8 Å². The monoisotopic (exact) mass is 1550 g/mol. The summed E-state index contributed by atoms with van der Waals surface area (Å²) in [5, 5.41) is 10.7. The van der Waals surface area contributed by atoms with Gasteiger partial charge in [-0.1, -0.05) is 420 Å². The highest BCUT2D eigenvalue weighted by molar-refractivity contribution is 7.47. The van der Waals surface area contributed by atoms with E-state index in [0.717, 1.165) is 95.8 Å². The highest BCUT2D eigenvalue weighted by atomic mass is 31.2. The Labute approximate surface area is 651 Å². The number of aliphatic hydroxyl groups excluding tert-OH is 1. The van der Waals surface area contributed by atoms with Crippen molar-refractivity contribution >= 4 is 39.5 Å². The maximum absolute atomic E-state index is 13.2. The van der Waals surface area contributed by atoms with Crippen molar-refractivity contribution in [2.45, 2.75) is 490 Å². The molecule has 106 heavy (non-hydrogen) atoms. The summed E-state index contributed by atoms with van der Waals surface area (Å²) in [5.74, 6) is -1.35. The van der Waals surface area contributed by atoms with Crippen LogP contribution in [-0.2, 0) is 65.4 Å². The fraction of sp³-hybridized carbons (Fsp3) is 0.954. The average Bonchev–Trinajstić information content (AvgIpc) is 0.903. The summed E-state index contributed by atoms with van der Waals surface area (Å²) in [6.07, 6.45) is 73.6. The number of ether oxygens (including phenoxy) is 4. The first-order valence-corrected chi connectivity index (χ1v) is 48.1. The number of hydrogen-bond acceptors (Lipinski definition) is 15. The third-order valence-electron chi connectivity index (χ3n) is 20.5. The third-order valence-corrected chi connectivity index (χ3v) is 22.4. The number of carbonyl (C=O) groups excluding carboxylic acids is 4. The molecule has 0 radical (unpaired) electrons. The van der Waals surface area contributed by atoms with Crippen LogP contribution in [0.15, 0.2) is 0 Å². The minimum atomic E-state index is -4.97. The zero-order chi connectivity index (χ0) is 77.6. The molecule has 0 fully saturated rings. The van der Waals surface area contributed by atoms with E-state index in [1.807, 2.05) is 0 Å². The van der Waals surface area contributed by atoms with E-state index in [2.05, 4.69) is 34.6 Å². The van der Waals surface area contributed by atoms with Gasteiger partial charge in [0, 0.05) is 25.7 Å². The Morgan fingerprint density at radius 2 is 0.434 bits per heavy atom. The predicted octanol–water partition coefficient (Wildman–Crippen LogP) is 26.8. The topological polar surface area (TPSA) is 237 Å². The van der Waals surface area contributed by atoms with Gasteiger partial charge in [-0.2, -0.15) is 0 Å². The van der Waals surface area contributed by atoms with Gasteiger partial charge in [0.05, 0.1) is 26.4 Å². The van der Waals surface area contributed by atoms with Crippen molar-refractivity contribution in [1.29, 1.82) is 0 Å². The van der Waals surface area contributed by atoms with Gasteiger partial charge in [0.15, 0.2) is 12.2 Å². The molecule has 19 heteroatoms. The SMILES string of the molecule is CCCCCCCCCCCCCCCCCCCCCC(=O)O[C@H](COC(=O)CCCCCCCCCCCCCCCCCCCC)COP(=O)(O)OC[C@@H](O)COP(=O)(O)OC[C@@H](COC(=O)CCCCCCCCCCCC(C)C)OC(=O)CCCCCCCCCCCCCCCCCCC. The Hall–Kier alpha value is -1.94. The number of phosphoric acid groups is 2. The molecule has 17 nitrogen and oxygen atoms in total. The molecule has 0 aliphatic heterocycles. The van der Waals surface area contributed by atoms with E-state index in [1.165, 1.54) is 295 Å². The lowest BCUT2D eigenvalue weighted by molar-refractivity contribution is -0.161. The summed E-state index contributed by atoms with van der Waals surface area (Å²) in [7, 11) is -9.93. The first-order chi connectivity index (χ1) is 51.5. The van der Waals surface area contributed by atoms with Crippen LogP contribution in [-0.4, -0.2) is 96.7 Å². The van der Waals surface area contributed by atoms with Crippen molar-refractivity contribution in [3.05, 3.63) is 0 Å². The van der Waals surface area contributed by atoms with Crippen LogP contribution < -0.4 is 0 Å². The first-order valence-electron chi connectivity index (χ1n) is 45.1. The second-order valence-electron chi connectivity index (χ2n) is 31.8. The van der Waals surface area contributed by atoms with E-state index >= 15 is 0 Å². The predicted molar refractivity (Wildman–Crippen MR) is 437 cm³/mol. The lowest BCUT2D eigenvalue weighted by Gasteiger charge is -2.21. The average molecular weight is 1550 g/mol. The Morgan fingerprint density at radius 3 is 0.642 bits per heavy atom. The van der Waals surface area contributed by atoms with Gasteiger partial charge in [-0.15, -0.1) is 0 Å². The Kier molecular flexibility index (Phi) is 78.2. The van der Waals surface area contributed by atoms with E-state index in [1.54, 1.807) is 0 Å². The van der Waals surface area contributed by atoms with Crippen molar-refractivity contribution in [1.82, 2.24) is 0 Å². The molecule has 0 saturated carbocycles. The van der Waals surface area contributed by atoms with Crippen molar-refractivity contribution in [3.63, 3.8) is 0 Å². The molecule has 0 saturated heterocycles. The van der Waals surface area contributed by atoms with E-state index in [-0.39, 0.29) is 25.7 Å². The van der Waals surface area contributed by atoms with Crippen molar-refractivity contribution < 1.29 is 80.2 Å². The molecule has 0 spiro atoms. The zero-order valence-electron chi connectivity index (χ0n) is 69.6. The van der Waals surface area contributed by atoms with E-state index < -0.39 is 97.5 Å². The van der Waals surface area contributed by atoms with Crippen LogP contribution in [0.1, 0.15) is 471 Å². The molecule has 0 aliphatic rings. The Bertz CT molecular complexity index is 2010. The number of carbonyl (C=O) groups is 4. The molecule has 0 rings (SSSR count). The van der Waals surface area contributed by atoms with E-state index in [0.29, 0.717) is 25.7 Å². The molecule has 0 heterocycles. The smallest absolute Gasteiger partial charge is 0.462 e. The normalized spacial score (nSPS) is 13.7. The quantitative estimate of drug-likeness (QED) is 0.0222. The van der Waals surface area contributed by atoms with Crippen LogP contribution in [0.25, 0.3) is 0 Å². The summed E-state index contributed by atoms with van der Waals surface area (Å²) < 4.78 is 69.0. The fourth-order valence-electron chi connectivity index (χ4n) is 13.6. The first kappa shape index (κ1) is 104. The van der Waals surface area contributed by atoms with Crippen LogP contribution >= 0.6 is 15.6 Å². The summed E-state index contributed by atoms with van der Waals surface area (Å²) in [5.41, 5.74) is 0. The number of esters is 4. The summed E-state index contributed by atoms with van der Waals surface area (Å²) in [6.45, 7) is 7.36. The standard InChI is InChI=1S/C87H170O17P2/c1-6-9-12-15-18-21-24-27-30-33-35-38-41-44-47-52-58-63-68-73-86(91)103-82(76-97-84(89)70-65-60-55-50-45-42-39-37-34-31-28-25-22-19-16-13-10-7-2)78-101-105(93,94)99-74-81(88)75-100-106(95,96)102-79-83(77-98-85(90)71-66-61-56-53-48-49-54-59-64-69-80(4)5)104-87(92)72-67-62-57-51-46-43-40-36-32-29-26-23-20-17-14-11-8-3/h80-83,88H,6-79H2,1-5H3,(H,93,94)(H,95,96)/t81-,82-,83-/m1/s1. The molecule has 0 aliphatic carbocycles. The molecular weight excluding hydrogens is 1380 g/mol. The molecule has 0 amide bonds. The molecule has 2 unspecified atom stereocenters. The summed E-state index contributed by atoms with van der Waals surface area (Å²) >= 11 is 0. The van der Waals surface area contributed by atoms with Gasteiger partial charge in [-0.3, -0.25) is 37.3 Å². The van der Waals surface area contributed by atoms with Crippen LogP contribution in [0.3, 0.4) is 0 Å². The molecule has 3 N–H and O–H groups in total. The van der Waals surface area contributed by atoms with E-state index in [4.69, 9.17) is 37.0 Å². The molecule has 5 atom stereocenters. The summed E-state index contributed by atoms with van der Waals surface area (Å²) in [6, 6.07) is 0. The van der Waals surface area contributed by atoms with E-state index in [9.17, 15) is 43.2 Å². The lowest BCUT2D eigenvalue weighted by atomic mass is 10.0. The number of aliphatic hydroxyl groups is 1. The van der Waals surface area contributed by atoms with Gasteiger partial charge >= 0.3 is 39.5 Å². The number of unbranched alkanes of at least 4 members (excludes halogenated alkanes) is 59. The maximum atomic E-state index is 13.2. The van der Waals surface area contributed by atoms with Crippen molar-refractivity contribution in [2.24, 2.45) is 5.92 Å². The zero-order valence-corrected chi connectivity index (χ0v) is 71.4. The van der Waals surface area contributed by atoms with Gasteiger partial charge in [0.25, 0.3) is 0 Å².